The number of rotatable bonds is 9. The van der Waals surface area contributed by atoms with Gasteiger partial charge in [0.1, 0.15) is 17.0 Å². The summed E-state index contributed by atoms with van der Waals surface area (Å²) in [5.41, 5.74) is 2.30. The molecule has 0 spiro atoms. The van der Waals surface area contributed by atoms with E-state index in [0.29, 0.717) is 36.8 Å². The molecular weight excluding hydrogens is 390 g/mol. The summed E-state index contributed by atoms with van der Waals surface area (Å²) >= 11 is 0. The van der Waals surface area contributed by atoms with E-state index < -0.39 is 23.0 Å². The molecule has 0 unspecified atom stereocenters. The van der Waals surface area contributed by atoms with Crippen molar-refractivity contribution >= 4 is 11.9 Å². The zero-order valence-corrected chi connectivity index (χ0v) is 16.8. The fraction of sp³-hybridized carbons (Fsp3) is 0.348. The average molecular weight is 414 g/mol. The number of halogens is 2. The maximum Gasteiger partial charge on any atom is 0.331 e. The molecule has 0 fully saturated rings. The largest absolute Gasteiger partial charge is 0.341 e. The molecule has 0 saturated carbocycles. The molecule has 158 valence electrons. The molecule has 0 heterocycles. The lowest BCUT2D eigenvalue weighted by Crippen LogP contribution is -2.27. The number of unbranched alkanes of at least 4 members (excludes halogenated alkanes) is 2. The minimum absolute atomic E-state index is 0.170. The normalized spacial score (nSPS) is 10.9. The standard InChI is InChI=1S/C23H24F2N2O3/c1-2-22(29)30-27-21(28)6-4-3-5-15-23(16-26,17-7-11-19(24)12-8-17)18-9-13-20(25)14-10-18/h7-14H,2-6,15H2,1H3,(H,27,28). The second kappa shape index (κ2) is 11.1. The van der Waals surface area contributed by atoms with Crippen LogP contribution in [0.3, 0.4) is 0 Å². The van der Waals surface area contributed by atoms with Gasteiger partial charge in [0, 0.05) is 12.8 Å². The van der Waals surface area contributed by atoms with Crippen molar-refractivity contribution in [3.63, 3.8) is 0 Å². The Labute approximate surface area is 174 Å². The third kappa shape index (κ3) is 6.11. The predicted molar refractivity (Wildman–Crippen MR) is 107 cm³/mol. The fourth-order valence-corrected chi connectivity index (χ4v) is 3.20. The van der Waals surface area contributed by atoms with Crippen molar-refractivity contribution < 1.29 is 23.2 Å². The average Bonchev–Trinajstić information content (AvgIpc) is 2.76. The Balaban J connectivity index is 2.03. The molecule has 0 atom stereocenters. The van der Waals surface area contributed by atoms with Crippen LogP contribution in [0.1, 0.15) is 56.6 Å². The minimum atomic E-state index is -1.06. The summed E-state index contributed by atoms with van der Waals surface area (Å²) in [6.45, 7) is 1.62. The lowest BCUT2D eigenvalue weighted by Gasteiger charge is -2.28. The van der Waals surface area contributed by atoms with Crippen LogP contribution >= 0.6 is 0 Å². The predicted octanol–water partition coefficient (Wildman–Crippen LogP) is 4.71. The Kier molecular flexibility index (Phi) is 8.48. The zero-order valence-electron chi connectivity index (χ0n) is 16.8. The first-order valence-corrected chi connectivity index (χ1v) is 9.83. The number of hydroxylamine groups is 1. The molecule has 1 N–H and O–H groups in total. The molecule has 2 aromatic carbocycles. The van der Waals surface area contributed by atoms with Gasteiger partial charge in [-0.15, -0.1) is 0 Å². The van der Waals surface area contributed by atoms with Gasteiger partial charge in [0.2, 0.25) is 0 Å². The quantitative estimate of drug-likeness (QED) is 0.476. The molecule has 2 aromatic rings. The van der Waals surface area contributed by atoms with E-state index in [2.05, 4.69) is 16.4 Å². The number of nitrogens with zero attached hydrogens (tertiary/aromatic N) is 1. The van der Waals surface area contributed by atoms with Crippen LogP contribution < -0.4 is 5.48 Å². The smallest absolute Gasteiger partial charge is 0.331 e. The van der Waals surface area contributed by atoms with Crippen LogP contribution in [0.5, 0.6) is 0 Å². The Morgan fingerprint density at radius 2 is 1.50 bits per heavy atom. The highest BCUT2D eigenvalue weighted by molar-refractivity contribution is 5.77. The molecule has 0 aliphatic rings. The molecule has 7 heteroatoms. The van der Waals surface area contributed by atoms with Crippen LogP contribution in [-0.2, 0) is 19.8 Å². The molecule has 0 saturated heterocycles. The summed E-state index contributed by atoms with van der Waals surface area (Å²) < 4.78 is 26.8. The molecule has 30 heavy (non-hydrogen) atoms. The molecule has 0 aliphatic carbocycles. The van der Waals surface area contributed by atoms with Gasteiger partial charge in [-0.3, -0.25) is 4.79 Å². The molecule has 2 rings (SSSR count). The second-order valence-electron chi connectivity index (χ2n) is 6.94. The van der Waals surface area contributed by atoms with Crippen molar-refractivity contribution in [2.45, 2.75) is 50.9 Å². The van der Waals surface area contributed by atoms with Crippen LogP contribution in [0.4, 0.5) is 8.78 Å². The number of carbonyl (C=O) groups excluding carboxylic acids is 2. The van der Waals surface area contributed by atoms with Gasteiger partial charge in [-0.1, -0.05) is 44.0 Å². The molecular formula is C23H24F2N2O3. The van der Waals surface area contributed by atoms with Gasteiger partial charge in [-0.25, -0.2) is 13.6 Å². The summed E-state index contributed by atoms with van der Waals surface area (Å²) in [5, 5.41) is 10.1. The van der Waals surface area contributed by atoms with Crippen molar-refractivity contribution in [2.75, 3.05) is 0 Å². The third-order valence-corrected chi connectivity index (χ3v) is 4.89. The Morgan fingerprint density at radius 3 is 1.97 bits per heavy atom. The van der Waals surface area contributed by atoms with E-state index in [9.17, 15) is 23.6 Å². The molecule has 5 nitrogen and oxygen atoms in total. The molecule has 1 amide bonds. The van der Waals surface area contributed by atoms with Crippen LogP contribution in [0.15, 0.2) is 48.5 Å². The van der Waals surface area contributed by atoms with Crippen molar-refractivity contribution in [1.82, 2.24) is 5.48 Å². The third-order valence-electron chi connectivity index (χ3n) is 4.89. The Morgan fingerprint density at radius 1 is 0.967 bits per heavy atom. The monoisotopic (exact) mass is 414 g/mol. The van der Waals surface area contributed by atoms with Crippen molar-refractivity contribution in [1.29, 1.82) is 5.26 Å². The second-order valence-corrected chi connectivity index (χ2v) is 6.94. The van der Waals surface area contributed by atoms with Crippen LogP contribution in [0.2, 0.25) is 0 Å². The number of nitriles is 1. The Hall–Kier alpha value is -3.27. The molecule has 0 aromatic heterocycles. The lowest BCUT2D eigenvalue weighted by atomic mass is 9.72. The van der Waals surface area contributed by atoms with Gasteiger partial charge < -0.3 is 4.84 Å². The number of benzene rings is 2. The van der Waals surface area contributed by atoms with E-state index in [1.807, 2.05) is 0 Å². The summed E-state index contributed by atoms with van der Waals surface area (Å²) in [6, 6.07) is 13.8. The van der Waals surface area contributed by atoms with Gasteiger partial charge in [-0.2, -0.15) is 10.7 Å². The number of carbonyl (C=O) groups is 2. The number of nitrogens with one attached hydrogen (secondary N) is 1. The van der Waals surface area contributed by atoms with E-state index in [4.69, 9.17) is 0 Å². The van der Waals surface area contributed by atoms with E-state index in [-0.39, 0.29) is 18.7 Å². The van der Waals surface area contributed by atoms with Crippen molar-refractivity contribution in [3.8, 4) is 6.07 Å². The zero-order chi connectivity index (χ0) is 22.0. The van der Waals surface area contributed by atoms with Gasteiger partial charge >= 0.3 is 5.97 Å². The number of hydrogen-bond acceptors (Lipinski definition) is 4. The highest BCUT2D eigenvalue weighted by Crippen LogP contribution is 2.37. The summed E-state index contributed by atoms with van der Waals surface area (Å²) in [5.74, 6) is -1.71. The van der Waals surface area contributed by atoms with E-state index in [1.165, 1.54) is 24.3 Å². The molecule has 0 aliphatic heterocycles. The summed E-state index contributed by atoms with van der Waals surface area (Å²) in [4.78, 5) is 27.3. The first kappa shape index (κ1) is 23.0. The van der Waals surface area contributed by atoms with Gasteiger partial charge in [0.05, 0.1) is 6.07 Å². The van der Waals surface area contributed by atoms with Gasteiger partial charge in [0.25, 0.3) is 5.91 Å². The van der Waals surface area contributed by atoms with Crippen molar-refractivity contribution in [3.05, 3.63) is 71.3 Å². The highest BCUT2D eigenvalue weighted by Gasteiger charge is 2.34. The first-order chi connectivity index (χ1) is 14.4. The SMILES string of the molecule is CCC(=O)ONC(=O)CCCCCC(C#N)(c1ccc(F)cc1)c1ccc(F)cc1. The van der Waals surface area contributed by atoms with E-state index in [0.717, 1.165) is 0 Å². The first-order valence-electron chi connectivity index (χ1n) is 9.83. The maximum absolute atomic E-state index is 13.4. The number of hydrogen-bond donors (Lipinski definition) is 1. The highest BCUT2D eigenvalue weighted by atomic mass is 19.1. The summed E-state index contributed by atoms with van der Waals surface area (Å²) in [7, 11) is 0. The van der Waals surface area contributed by atoms with Gasteiger partial charge in [0.15, 0.2) is 0 Å². The van der Waals surface area contributed by atoms with Crippen LogP contribution in [0, 0.1) is 23.0 Å². The fourth-order valence-electron chi connectivity index (χ4n) is 3.20. The number of amides is 1. The minimum Gasteiger partial charge on any atom is -0.341 e. The van der Waals surface area contributed by atoms with E-state index >= 15 is 0 Å². The Bertz CT molecular complexity index is 845. The lowest BCUT2D eigenvalue weighted by molar-refractivity contribution is -0.158. The topological polar surface area (TPSA) is 79.2 Å². The molecule has 0 radical (unpaired) electrons. The summed E-state index contributed by atoms with van der Waals surface area (Å²) in [6.07, 6.45) is 2.59. The van der Waals surface area contributed by atoms with E-state index in [1.54, 1.807) is 31.2 Å². The van der Waals surface area contributed by atoms with Gasteiger partial charge in [-0.05, 0) is 48.2 Å². The van der Waals surface area contributed by atoms with Crippen molar-refractivity contribution in [2.24, 2.45) is 0 Å². The maximum atomic E-state index is 13.4. The molecule has 0 bridgehead atoms. The van der Waals surface area contributed by atoms with Crippen LogP contribution in [0.25, 0.3) is 0 Å². The van der Waals surface area contributed by atoms with Crippen LogP contribution in [-0.4, -0.2) is 11.9 Å².